The van der Waals surface area contributed by atoms with Crippen molar-refractivity contribution in [1.29, 1.82) is 0 Å². The van der Waals surface area contributed by atoms with E-state index in [9.17, 15) is 14.4 Å². The molecular weight excluding hydrogens is 626 g/mol. The molecule has 0 radical (unpaired) electrons. The van der Waals surface area contributed by atoms with Gasteiger partial charge in [-0.1, -0.05) is 50.2 Å². The van der Waals surface area contributed by atoms with Crippen LogP contribution < -0.4 is 10.6 Å². The first-order chi connectivity index (χ1) is 24.3. The van der Waals surface area contributed by atoms with Gasteiger partial charge in [-0.05, 0) is 93.2 Å². The Labute approximate surface area is 298 Å². The van der Waals surface area contributed by atoms with Crippen LogP contribution in [-0.2, 0) is 30.5 Å². The van der Waals surface area contributed by atoms with Gasteiger partial charge in [-0.3, -0.25) is 9.69 Å². The molecule has 2 N–H and O–H groups in total. The highest BCUT2D eigenvalue weighted by atomic mass is 16.2. The van der Waals surface area contributed by atoms with E-state index in [2.05, 4.69) is 65.6 Å². The lowest BCUT2D eigenvalue weighted by molar-refractivity contribution is -0.135. The molecular formula is C40H57N7O3. The van der Waals surface area contributed by atoms with Crippen LogP contribution in [0.2, 0.25) is 0 Å². The van der Waals surface area contributed by atoms with Crippen LogP contribution in [0, 0.1) is 0 Å². The number of benzene rings is 2. The van der Waals surface area contributed by atoms with Gasteiger partial charge in [-0.15, -0.1) is 0 Å². The number of urea groups is 2. The second kappa shape index (κ2) is 15.3. The van der Waals surface area contributed by atoms with Crippen LogP contribution in [0.25, 0.3) is 0 Å². The Hall–Kier alpha value is -3.63. The maximum atomic E-state index is 14.3. The second-order valence-corrected chi connectivity index (χ2v) is 15.3. The molecule has 270 valence electrons. The molecule has 0 aromatic heterocycles. The molecule has 2 unspecified atom stereocenters. The van der Waals surface area contributed by atoms with Crippen molar-refractivity contribution in [2.75, 3.05) is 58.2 Å². The maximum absolute atomic E-state index is 14.3. The van der Waals surface area contributed by atoms with Gasteiger partial charge in [0.15, 0.2) is 0 Å². The number of rotatable bonds is 8. The largest absolute Gasteiger partial charge is 0.338 e. The van der Waals surface area contributed by atoms with Crippen LogP contribution in [-0.4, -0.2) is 126 Å². The van der Waals surface area contributed by atoms with Gasteiger partial charge in [0, 0.05) is 82.1 Å². The highest BCUT2D eigenvalue weighted by Gasteiger charge is 2.41. The fraction of sp³-hybridized carbons (Fsp3) is 0.625. The minimum Gasteiger partial charge on any atom is -0.338 e. The number of amides is 5. The molecule has 4 saturated heterocycles. The van der Waals surface area contributed by atoms with E-state index in [-0.39, 0.29) is 24.0 Å². The number of nitrogens with zero attached hydrogens (tertiary/aromatic N) is 5. The van der Waals surface area contributed by atoms with E-state index in [0.29, 0.717) is 57.3 Å². The van der Waals surface area contributed by atoms with Crippen molar-refractivity contribution in [2.24, 2.45) is 0 Å². The average molecular weight is 684 g/mol. The van der Waals surface area contributed by atoms with Gasteiger partial charge in [0.05, 0.1) is 0 Å². The summed E-state index contributed by atoms with van der Waals surface area (Å²) in [4.78, 5) is 52.3. The van der Waals surface area contributed by atoms with Crippen molar-refractivity contribution >= 4 is 23.7 Å². The van der Waals surface area contributed by atoms with Crippen molar-refractivity contribution in [3.05, 3.63) is 64.7 Å². The smallest absolute Gasteiger partial charge is 0.322 e. The third-order valence-electron chi connectivity index (χ3n) is 12.6. The summed E-state index contributed by atoms with van der Waals surface area (Å²) in [6.45, 7) is 9.33. The zero-order valence-corrected chi connectivity index (χ0v) is 30.4. The van der Waals surface area contributed by atoms with Gasteiger partial charge in [0.1, 0.15) is 6.04 Å². The maximum Gasteiger partial charge on any atom is 0.322 e. The number of likely N-dealkylation sites (tertiary alicyclic amines) is 1. The number of anilines is 1. The summed E-state index contributed by atoms with van der Waals surface area (Å²) < 4.78 is 0. The molecule has 7 rings (SSSR count). The lowest BCUT2D eigenvalue weighted by atomic mass is 9.95. The predicted molar refractivity (Wildman–Crippen MR) is 197 cm³/mol. The van der Waals surface area contributed by atoms with E-state index in [0.717, 1.165) is 62.0 Å². The molecule has 0 spiro atoms. The molecule has 10 heteroatoms. The monoisotopic (exact) mass is 683 g/mol. The zero-order chi connectivity index (χ0) is 34.8. The fourth-order valence-electron chi connectivity index (χ4n) is 9.48. The minimum atomic E-state index is -0.627. The number of carbonyl (C=O) groups is 3. The SMILES string of the molecule is CCc1ccc(C[C@@H](NC(=O)N2CCC(N3CCc4ccccc4NC3=O)CC2)C(=O)N2CCN(C3CC4CCC(C3)N4C)CC2)cc1CC. The third-order valence-corrected chi connectivity index (χ3v) is 12.6. The summed E-state index contributed by atoms with van der Waals surface area (Å²) in [6.07, 6.45) is 9.75. The Bertz CT molecular complexity index is 1520. The number of piperidine rings is 2. The van der Waals surface area contributed by atoms with Gasteiger partial charge >= 0.3 is 12.1 Å². The Balaban J connectivity index is 0.984. The van der Waals surface area contributed by atoms with Crippen LogP contribution >= 0.6 is 0 Å². The highest BCUT2D eigenvalue weighted by molar-refractivity contribution is 5.91. The van der Waals surface area contributed by atoms with Crippen LogP contribution in [0.15, 0.2) is 42.5 Å². The van der Waals surface area contributed by atoms with Crippen LogP contribution in [0.1, 0.15) is 74.6 Å². The molecule has 5 amide bonds. The first kappa shape index (κ1) is 34.8. The standard InChI is InChI=1S/C40H57N7O3/c1-4-29-11-10-28(24-30(29)5-2)25-37(38(48)45-22-20-44(21-23-45)35-26-33-12-13-34(27-35)43(33)3)42-39(49)46-17-15-32(16-18-46)47-19-14-31-8-6-7-9-36(31)41-40(47)50/h6-11,24,32-35,37H,4-5,12-23,25-27H2,1-3H3,(H,41,50)(H,42,49)/t33?,34?,35?,37-/m1/s1. The van der Waals surface area contributed by atoms with Gasteiger partial charge in [-0.25, -0.2) is 9.59 Å². The van der Waals surface area contributed by atoms with Crippen LogP contribution in [0.5, 0.6) is 0 Å². The average Bonchev–Trinajstić information content (AvgIpc) is 3.29. The summed E-state index contributed by atoms with van der Waals surface area (Å²) in [7, 11) is 2.29. The van der Waals surface area contributed by atoms with E-state index >= 15 is 0 Å². The molecule has 5 aliphatic rings. The number of carbonyl (C=O) groups excluding carboxylic acids is 3. The number of para-hydroxylation sites is 1. The lowest BCUT2D eigenvalue weighted by Crippen LogP contribution is -2.60. The molecule has 2 aromatic rings. The molecule has 4 fully saturated rings. The molecule has 50 heavy (non-hydrogen) atoms. The molecule has 5 heterocycles. The van der Waals surface area contributed by atoms with E-state index in [1.807, 2.05) is 32.9 Å². The number of fused-ring (bicyclic) bond motifs is 3. The molecule has 0 aliphatic carbocycles. The molecule has 2 bridgehead atoms. The number of hydrogen-bond acceptors (Lipinski definition) is 5. The van der Waals surface area contributed by atoms with Crippen molar-refractivity contribution in [2.45, 2.75) is 108 Å². The molecule has 10 nitrogen and oxygen atoms in total. The second-order valence-electron chi connectivity index (χ2n) is 15.3. The fourth-order valence-corrected chi connectivity index (χ4v) is 9.48. The number of aryl methyl sites for hydroxylation is 2. The summed E-state index contributed by atoms with van der Waals surface area (Å²) in [5, 5.41) is 6.29. The quantitative estimate of drug-likeness (QED) is 0.419. The Kier molecular flexibility index (Phi) is 10.7. The topological polar surface area (TPSA) is 91.5 Å². The van der Waals surface area contributed by atoms with Crippen molar-refractivity contribution in [3.8, 4) is 0 Å². The van der Waals surface area contributed by atoms with Crippen LogP contribution in [0.3, 0.4) is 0 Å². The van der Waals surface area contributed by atoms with E-state index in [1.165, 1.54) is 36.8 Å². The molecule has 0 saturated carbocycles. The van der Waals surface area contributed by atoms with Crippen LogP contribution in [0.4, 0.5) is 15.3 Å². The van der Waals surface area contributed by atoms with Gasteiger partial charge in [-0.2, -0.15) is 0 Å². The third kappa shape index (κ3) is 7.38. The number of nitrogens with one attached hydrogen (secondary N) is 2. The number of hydrogen-bond donors (Lipinski definition) is 2. The Morgan fingerprint density at radius 1 is 0.800 bits per heavy atom. The van der Waals surface area contributed by atoms with E-state index < -0.39 is 6.04 Å². The van der Waals surface area contributed by atoms with Gasteiger partial charge < -0.3 is 30.2 Å². The van der Waals surface area contributed by atoms with Gasteiger partial charge in [0.25, 0.3) is 0 Å². The van der Waals surface area contributed by atoms with Crippen molar-refractivity contribution in [1.82, 2.24) is 29.8 Å². The zero-order valence-electron chi connectivity index (χ0n) is 30.4. The highest BCUT2D eigenvalue weighted by Crippen LogP contribution is 2.36. The van der Waals surface area contributed by atoms with Crippen molar-refractivity contribution in [3.63, 3.8) is 0 Å². The summed E-state index contributed by atoms with van der Waals surface area (Å²) in [6, 6.07) is 15.8. The van der Waals surface area contributed by atoms with E-state index in [4.69, 9.17) is 0 Å². The molecule has 3 atom stereocenters. The first-order valence-corrected chi connectivity index (χ1v) is 19.4. The summed E-state index contributed by atoms with van der Waals surface area (Å²) in [5.74, 6) is 0.0229. The summed E-state index contributed by atoms with van der Waals surface area (Å²) >= 11 is 0. The molecule has 2 aromatic carbocycles. The lowest BCUT2D eigenvalue weighted by Gasteiger charge is -2.45. The minimum absolute atomic E-state index is 0.0229. The Morgan fingerprint density at radius 3 is 2.20 bits per heavy atom. The van der Waals surface area contributed by atoms with Gasteiger partial charge in [0.2, 0.25) is 5.91 Å². The number of piperazine rings is 1. The van der Waals surface area contributed by atoms with E-state index in [1.54, 1.807) is 0 Å². The molecule has 5 aliphatic heterocycles. The Morgan fingerprint density at radius 2 is 1.50 bits per heavy atom. The normalized spacial score (nSPS) is 25.5. The first-order valence-electron chi connectivity index (χ1n) is 19.4. The van der Waals surface area contributed by atoms with Crippen molar-refractivity contribution < 1.29 is 14.4 Å². The predicted octanol–water partition coefficient (Wildman–Crippen LogP) is 4.76. The summed E-state index contributed by atoms with van der Waals surface area (Å²) in [5.41, 5.74) is 5.78.